The molecule has 30 heavy (non-hydrogen) atoms. The van der Waals surface area contributed by atoms with Gasteiger partial charge in [0.2, 0.25) is 11.1 Å². The van der Waals surface area contributed by atoms with Crippen molar-refractivity contribution in [3.63, 3.8) is 0 Å². The number of carbonyl (C=O) groups is 1. The summed E-state index contributed by atoms with van der Waals surface area (Å²) in [7, 11) is 0. The number of anilines is 2. The van der Waals surface area contributed by atoms with Crippen LogP contribution in [0.1, 0.15) is 12.6 Å². The lowest BCUT2D eigenvalue weighted by Gasteiger charge is -2.18. The molecule has 0 aliphatic heterocycles. The average molecular weight is 477 g/mol. The Labute approximate surface area is 190 Å². The summed E-state index contributed by atoms with van der Waals surface area (Å²) < 4.78 is 1.64. The maximum Gasteiger partial charge on any atom is 0.230 e. The Bertz CT molecular complexity index is 1180. The highest BCUT2D eigenvalue weighted by molar-refractivity contribution is 7.98. The molecule has 7 nitrogen and oxygen atoms in total. The van der Waals surface area contributed by atoms with Crippen LogP contribution < -0.4 is 4.90 Å². The Morgan fingerprint density at radius 3 is 2.70 bits per heavy atom. The number of thioether (sulfide) groups is 1. The number of benzene rings is 2. The van der Waals surface area contributed by atoms with Crippen LogP contribution in [0.15, 0.2) is 59.1 Å². The largest absolute Gasteiger partial charge is 0.274 e. The maximum atomic E-state index is 12.2. The Hall–Kier alpha value is -2.46. The van der Waals surface area contributed by atoms with E-state index in [0.29, 0.717) is 31.8 Å². The number of carbonyl (C=O) groups excluding carboxylic acids is 1. The van der Waals surface area contributed by atoms with Gasteiger partial charge in [-0.25, -0.2) is 4.98 Å². The molecule has 4 rings (SSSR count). The van der Waals surface area contributed by atoms with Gasteiger partial charge in [-0.3, -0.25) is 9.69 Å². The molecule has 0 radical (unpaired) electrons. The van der Waals surface area contributed by atoms with E-state index in [9.17, 15) is 4.79 Å². The van der Waals surface area contributed by atoms with Crippen LogP contribution in [-0.4, -0.2) is 31.1 Å². The van der Waals surface area contributed by atoms with Crippen LogP contribution in [0, 0.1) is 0 Å². The third kappa shape index (κ3) is 4.65. The van der Waals surface area contributed by atoms with Crippen molar-refractivity contribution in [1.29, 1.82) is 0 Å². The van der Waals surface area contributed by atoms with Crippen LogP contribution in [0.2, 0.25) is 10.0 Å². The molecule has 0 aliphatic carbocycles. The van der Waals surface area contributed by atoms with Crippen LogP contribution in [-0.2, 0) is 10.5 Å². The van der Waals surface area contributed by atoms with Crippen molar-refractivity contribution in [3.05, 3.63) is 69.7 Å². The molecular formula is C19H14Cl2N6OS2. The maximum absolute atomic E-state index is 12.2. The van der Waals surface area contributed by atoms with Crippen LogP contribution in [0.25, 0.3) is 5.69 Å². The van der Waals surface area contributed by atoms with E-state index in [4.69, 9.17) is 23.2 Å². The predicted molar refractivity (Wildman–Crippen MR) is 120 cm³/mol. The van der Waals surface area contributed by atoms with E-state index >= 15 is 0 Å². The van der Waals surface area contributed by atoms with Gasteiger partial charge in [0.25, 0.3) is 0 Å². The number of amides is 1. The monoisotopic (exact) mass is 476 g/mol. The summed E-state index contributed by atoms with van der Waals surface area (Å²) in [4.78, 5) is 18.4. The highest BCUT2D eigenvalue weighted by atomic mass is 35.5. The predicted octanol–water partition coefficient (Wildman–Crippen LogP) is 5.40. The van der Waals surface area contributed by atoms with E-state index in [1.54, 1.807) is 39.9 Å². The SMILES string of the molecule is CC(=O)N(c1cccc(Cl)c1)c1nc(CSc2nnnn2-c2ccc(Cl)cc2)cs1. The van der Waals surface area contributed by atoms with E-state index in [1.165, 1.54) is 30.0 Å². The van der Waals surface area contributed by atoms with Crippen molar-refractivity contribution in [1.82, 2.24) is 25.2 Å². The summed E-state index contributed by atoms with van der Waals surface area (Å²) in [6.45, 7) is 1.50. The summed E-state index contributed by atoms with van der Waals surface area (Å²) >= 11 is 14.9. The van der Waals surface area contributed by atoms with Gasteiger partial charge in [-0.1, -0.05) is 41.0 Å². The van der Waals surface area contributed by atoms with Crippen molar-refractivity contribution in [3.8, 4) is 5.69 Å². The lowest BCUT2D eigenvalue weighted by atomic mass is 10.3. The highest BCUT2D eigenvalue weighted by Gasteiger charge is 2.19. The van der Waals surface area contributed by atoms with Gasteiger partial charge in [-0.15, -0.1) is 16.4 Å². The lowest BCUT2D eigenvalue weighted by Crippen LogP contribution is -2.22. The van der Waals surface area contributed by atoms with Gasteiger partial charge < -0.3 is 0 Å². The van der Waals surface area contributed by atoms with Gasteiger partial charge in [-0.2, -0.15) is 4.68 Å². The molecule has 0 aliphatic rings. The number of tetrazole rings is 1. The second-order valence-corrected chi connectivity index (χ2v) is 8.75. The summed E-state index contributed by atoms with van der Waals surface area (Å²) in [6, 6.07) is 14.4. The number of hydrogen-bond acceptors (Lipinski definition) is 7. The van der Waals surface area contributed by atoms with Crippen LogP contribution in [0.3, 0.4) is 0 Å². The normalized spacial score (nSPS) is 10.9. The zero-order valence-electron chi connectivity index (χ0n) is 15.6. The fourth-order valence-electron chi connectivity index (χ4n) is 2.66. The van der Waals surface area contributed by atoms with Crippen molar-refractivity contribution in [2.75, 3.05) is 4.90 Å². The number of thiazole rings is 1. The third-order valence-corrected chi connectivity index (χ3v) is 6.29. The molecule has 0 saturated heterocycles. The molecule has 2 heterocycles. The summed E-state index contributed by atoms with van der Waals surface area (Å²) in [5.41, 5.74) is 2.31. The van der Waals surface area contributed by atoms with E-state index in [-0.39, 0.29) is 5.91 Å². The fourth-order valence-corrected chi connectivity index (χ4v) is 4.75. The van der Waals surface area contributed by atoms with Crippen molar-refractivity contribution in [2.24, 2.45) is 0 Å². The van der Waals surface area contributed by atoms with Gasteiger partial charge in [0.15, 0.2) is 5.13 Å². The standard InChI is InChI=1S/C19H14Cl2N6OS2/c1-12(28)26(17-4-2-3-14(21)9-17)18-22-15(10-29-18)11-30-19-23-24-25-27(19)16-7-5-13(20)6-8-16/h2-10H,11H2,1H3. The van der Waals surface area contributed by atoms with E-state index in [1.807, 2.05) is 23.6 Å². The van der Waals surface area contributed by atoms with Gasteiger partial charge in [0.1, 0.15) is 0 Å². The minimum Gasteiger partial charge on any atom is -0.274 e. The molecule has 1 amide bonds. The molecule has 11 heteroatoms. The summed E-state index contributed by atoms with van der Waals surface area (Å²) in [5.74, 6) is 0.406. The number of aromatic nitrogens is 5. The molecule has 0 spiro atoms. The first-order valence-corrected chi connectivity index (χ1v) is 11.3. The first-order chi connectivity index (χ1) is 14.5. The first kappa shape index (κ1) is 20.8. The molecule has 0 fully saturated rings. The minimum atomic E-state index is -0.141. The van der Waals surface area contributed by atoms with Gasteiger partial charge >= 0.3 is 0 Å². The third-order valence-electron chi connectivity index (χ3n) is 3.97. The topological polar surface area (TPSA) is 76.8 Å². The molecule has 2 aromatic carbocycles. The summed E-state index contributed by atoms with van der Waals surface area (Å²) in [6.07, 6.45) is 0. The van der Waals surface area contributed by atoms with E-state index < -0.39 is 0 Å². The fraction of sp³-hybridized carbons (Fsp3) is 0.105. The van der Waals surface area contributed by atoms with Crippen molar-refractivity contribution < 1.29 is 4.79 Å². The Morgan fingerprint density at radius 1 is 1.17 bits per heavy atom. The smallest absolute Gasteiger partial charge is 0.230 e. The zero-order valence-corrected chi connectivity index (χ0v) is 18.7. The molecule has 0 saturated carbocycles. The zero-order chi connectivity index (χ0) is 21.1. The molecule has 0 bridgehead atoms. The van der Waals surface area contributed by atoms with E-state index in [2.05, 4.69) is 20.5 Å². The molecule has 0 unspecified atom stereocenters. The second kappa shape index (κ2) is 9.13. The lowest BCUT2D eigenvalue weighted by molar-refractivity contribution is -0.115. The number of hydrogen-bond donors (Lipinski definition) is 0. The Kier molecular flexibility index (Phi) is 6.33. The molecule has 152 valence electrons. The molecule has 0 atom stereocenters. The number of halogens is 2. The molecule has 4 aromatic rings. The van der Waals surface area contributed by atoms with Crippen molar-refractivity contribution in [2.45, 2.75) is 17.8 Å². The number of nitrogens with zero attached hydrogens (tertiary/aromatic N) is 6. The highest BCUT2D eigenvalue weighted by Crippen LogP contribution is 2.32. The van der Waals surface area contributed by atoms with Crippen LogP contribution in [0.4, 0.5) is 10.8 Å². The minimum absolute atomic E-state index is 0.141. The van der Waals surface area contributed by atoms with Crippen molar-refractivity contribution >= 4 is 63.0 Å². The second-order valence-electron chi connectivity index (χ2n) is 6.09. The quantitative estimate of drug-likeness (QED) is 0.346. The van der Waals surface area contributed by atoms with Gasteiger partial charge in [0.05, 0.1) is 17.1 Å². The van der Waals surface area contributed by atoms with Gasteiger partial charge in [0, 0.05) is 28.1 Å². The number of rotatable bonds is 6. The first-order valence-electron chi connectivity index (χ1n) is 8.69. The van der Waals surface area contributed by atoms with Gasteiger partial charge in [-0.05, 0) is 52.9 Å². The molecule has 2 aromatic heterocycles. The average Bonchev–Trinajstić information content (AvgIpc) is 3.36. The molecule has 0 N–H and O–H groups in total. The molecular weight excluding hydrogens is 463 g/mol. The van der Waals surface area contributed by atoms with Crippen LogP contribution >= 0.6 is 46.3 Å². The Morgan fingerprint density at radius 2 is 1.97 bits per heavy atom. The van der Waals surface area contributed by atoms with Crippen LogP contribution in [0.5, 0.6) is 0 Å². The summed E-state index contributed by atoms with van der Waals surface area (Å²) in [5, 5.41) is 16.2. The van der Waals surface area contributed by atoms with E-state index in [0.717, 1.165) is 11.4 Å². The Balaban J connectivity index is 1.51.